The zero-order chi connectivity index (χ0) is 3.58. The summed E-state index contributed by atoms with van der Waals surface area (Å²) in [6.45, 7) is 0. The summed E-state index contributed by atoms with van der Waals surface area (Å²) in [5.41, 5.74) is 0. The van der Waals surface area contributed by atoms with E-state index in [1.54, 1.807) is 0 Å². The van der Waals surface area contributed by atoms with Crippen LogP contribution >= 0.6 is 8.25 Å². The number of hydrogen-bond acceptors (Lipinski definition) is 1. The fourth-order valence-corrected chi connectivity index (χ4v) is 0. The molecule has 0 fully saturated rings. The van der Waals surface area contributed by atoms with E-state index in [2.05, 4.69) is 0 Å². The van der Waals surface area contributed by atoms with E-state index in [1.807, 2.05) is 0 Å². The molecule has 0 aliphatic carbocycles. The molecular weight excluding hydrogens is 187 g/mol. The van der Waals surface area contributed by atoms with Crippen LogP contribution in [0, 0.1) is 0 Å². The quantitative estimate of drug-likeness (QED) is 0.394. The maximum Gasteiger partial charge on any atom is 0.314 e. The zero-order valence-electron chi connectivity index (χ0n) is 2.10. The second-order valence-corrected chi connectivity index (χ2v) is 0.848. The third-order valence-electron chi connectivity index (χ3n) is 0. The van der Waals surface area contributed by atoms with Gasteiger partial charge in [0.05, 0.1) is 0 Å². The van der Waals surface area contributed by atoms with Gasteiger partial charge in [-0.05, 0) is 0 Å². The van der Waals surface area contributed by atoms with E-state index >= 15 is 0 Å². The first-order valence-corrected chi connectivity index (χ1v) is 1.95. The van der Waals surface area contributed by atoms with Crippen molar-refractivity contribution < 1.29 is 36.7 Å². The minimum Gasteiger partial charge on any atom is -0.326 e. The van der Waals surface area contributed by atoms with Crippen LogP contribution in [0.25, 0.3) is 0 Å². The first kappa shape index (κ1) is 9.31. The fourth-order valence-electron chi connectivity index (χ4n) is 0. The van der Waals surface area contributed by atoms with Gasteiger partial charge in [0.2, 0.25) is 0 Å². The normalized spacial score (nSPS) is 7.00. The van der Waals surface area contributed by atoms with E-state index in [-0.39, 0.29) is 22.4 Å². The minimum atomic E-state index is -3.13. The molecule has 0 saturated heterocycles. The molecule has 2 N–H and O–H groups in total. The SMILES string of the molecule is O=[PH](O)O.[Ag]. The Balaban J connectivity index is 0. The molecule has 3 nitrogen and oxygen atoms in total. The Morgan fingerprint density at radius 2 is 1.40 bits per heavy atom. The topological polar surface area (TPSA) is 57.5 Å². The van der Waals surface area contributed by atoms with Crippen molar-refractivity contribution in [3.8, 4) is 0 Å². The van der Waals surface area contributed by atoms with E-state index in [0.29, 0.717) is 0 Å². The van der Waals surface area contributed by atoms with Gasteiger partial charge in [-0.3, -0.25) is 4.57 Å². The molecule has 0 atom stereocenters. The Labute approximate surface area is 45.5 Å². The van der Waals surface area contributed by atoms with Crippen molar-refractivity contribution in [2.24, 2.45) is 0 Å². The average Bonchev–Trinajstić information content (AvgIpc) is 0.811. The van der Waals surface area contributed by atoms with Crippen LogP contribution in [0.15, 0.2) is 0 Å². The van der Waals surface area contributed by atoms with Crippen molar-refractivity contribution in [1.82, 2.24) is 0 Å². The van der Waals surface area contributed by atoms with Crippen LogP contribution in [0.2, 0.25) is 0 Å². The smallest absolute Gasteiger partial charge is 0.314 e. The van der Waals surface area contributed by atoms with Crippen LogP contribution in [0.5, 0.6) is 0 Å². The number of rotatable bonds is 0. The summed E-state index contributed by atoms with van der Waals surface area (Å²) >= 11 is 0. The van der Waals surface area contributed by atoms with Crippen molar-refractivity contribution >= 4 is 8.25 Å². The molecule has 0 aliphatic rings. The van der Waals surface area contributed by atoms with Gasteiger partial charge in [0.25, 0.3) is 0 Å². The van der Waals surface area contributed by atoms with Crippen LogP contribution in [0.3, 0.4) is 0 Å². The second kappa shape index (κ2) is 4.89. The largest absolute Gasteiger partial charge is 0.326 e. The van der Waals surface area contributed by atoms with Gasteiger partial charge < -0.3 is 9.79 Å². The van der Waals surface area contributed by atoms with Gasteiger partial charge in [0.1, 0.15) is 0 Å². The van der Waals surface area contributed by atoms with Crippen LogP contribution in [0.1, 0.15) is 0 Å². The maximum atomic E-state index is 8.74. The summed E-state index contributed by atoms with van der Waals surface area (Å²) < 4.78 is 8.74. The van der Waals surface area contributed by atoms with E-state index in [0.717, 1.165) is 0 Å². The summed E-state index contributed by atoms with van der Waals surface area (Å²) in [6.07, 6.45) is 0. The van der Waals surface area contributed by atoms with E-state index in [4.69, 9.17) is 14.4 Å². The van der Waals surface area contributed by atoms with Gasteiger partial charge in [-0.25, -0.2) is 0 Å². The van der Waals surface area contributed by atoms with Gasteiger partial charge in [-0.2, -0.15) is 0 Å². The third-order valence-corrected chi connectivity index (χ3v) is 0. The molecule has 5 heavy (non-hydrogen) atoms. The van der Waals surface area contributed by atoms with E-state index in [9.17, 15) is 0 Å². The Kier molecular flexibility index (Phi) is 9.10. The fraction of sp³-hybridized carbons (Fsp3) is 0. The average molecular weight is 190 g/mol. The molecule has 1 radical (unpaired) electrons. The van der Waals surface area contributed by atoms with Crippen molar-refractivity contribution in [2.75, 3.05) is 0 Å². The Bertz CT molecular complexity index is 29.9. The Hall–Kier alpha value is 0.890. The van der Waals surface area contributed by atoms with Gasteiger partial charge in [-0.1, -0.05) is 0 Å². The molecular formula is H3AgO3P. The molecule has 0 unspecified atom stereocenters. The monoisotopic (exact) mass is 189 g/mol. The Morgan fingerprint density at radius 1 is 1.40 bits per heavy atom. The summed E-state index contributed by atoms with van der Waals surface area (Å²) in [6, 6.07) is 0. The molecule has 0 aliphatic heterocycles. The number of hydrogen-bond donors (Lipinski definition) is 2. The third kappa shape index (κ3) is 51.5. The molecule has 0 aromatic rings. The zero-order valence-corrected chi connectivity index (χ0v) is 4.59. The van der Waals surface area contributed by atoms with Crippen LogP contribution in [-0.4, -0.2) is 9.79 Å². The standard InChI is InChI=1S/Ag.H3O3P/c;1-4(2)3/h;4H,(H2,1,2,3). The summed E-state index contributed by atoms with van der Waals surface area (Å²) in [4.78, 5) is 14.3. The molecule has 0 saturated carbocycles. The maximum absolute atomic E-state index is 8.74. The molecule has 0 amide bonds. The van der Waals surface area contributed by atoms with Crippen molar-refractivity contribution in [2.45, 2.75) is 0 Å². The van der Waals surface area contributed by atoms with Gasteiger partial charge >= 0.3 is 8.25 Å². The predicted molar refractivity (Wildman–Crippen MR) is 13.4 cm³/mol. The molecule has 0 aromatic carbocycles. The summed E-state index contributed by atoms with van der Waals surface area (Å²) in [5.74, 6) is 0. The van der Waals surface area contributed by atoms with E-state index < -0.39 is 8.25 Å². The molecule has 0 heterocycles. The minimum absolute atomic E-state index is 0. The molecule has 0 rings (SSSR count). The molecule has 0 bridgehead atoms. The van der Waals surface area contributed by atoms with Crippen LogP contribution < -0.4 is 0 Å². The summed E-state index contributed by atoms with van der Waals surface area (Å²) in [5, 5.41) is 0. The van der Waals surface area contributed by atoms with Crippen molar-refractivity contribution in [3.63, 3.8) is 0 Å². The molecule has 37 valence electrons. The molecule has 5 heteroatoms. The second-order valence-electron chi connectivity index (χ2n) is 0.283. The summed E-state index contributed by atoms with van der Waals surface area (Å²) in [7, 11) is -3.13. The molecule has 0 spiro atoms. The van der Waals surface area contributed by atoms with Gasteiger partial charge in [0.15, 0.2) is 0 Å². The van der Waals surface area contributed by atoms with Gasteiger partial charge in [-0.15, -0.1) is 0 Å². The van der Waals surface area contributed by atoms with Crippen molar-refractivity contribution in [3.05, 3.63) is 0 Å². The van der Waals surface area contributed by atoms with Crippen LogP contribution in [-0.2, 0) is 26.9 Å². The predicted octanol–water partition coefficient (Wildman–Crippen LogP) is -0.642. The first-order valence-electron chi connectivity index (χ1n) is 0.651. The molecule has 0 aromatic heterocycles. The van der Waals surface area contributed by atoms with Crippen molar-refractivity contribution in [1.29, 1.82) is 0 Å². The Morgan fingerprint density at radius 3 is 1.40 bits per heavy atom. The van der Waals surface area contributed by atoms with Gasteiger partial charge in [0, 0.05) is 22.4 Å². The first-order chi connectivity index (χ1) is 1.73. The van der Waals surface area contributed by atoms with E-state index in [1.165, 1.54) is 0 Å². The van der Waals surface area contributed by atoms with Crippen LogP contribution in [0.4, 0.5) is 0 Å².